The summed E-state index contributed by atoms with van der Waals surface area (Å²) in [4.78, 5) is 59.5. The van der Waals surface area contributed by atoms with Gasteiger partial charge in [-0.25, -0.2) is 0 Å². The molecule has 11 nitrogen and oxygen atoms in total. The quantitative estimate of drug-likeness (QED) is 0.349. The van der Waals surface area contributed by atoms with Crippen molar-refractivity contribution >= 4 is 23.7 Å². The number of carbonyl (C=O) groups is 4. The molecule has 4 aliphatic heterocycles. The van der Waals surface area contributed by atoms with Crippen LogP contribution in [-0.4, -0.2) is 101 Å². The van der Waals surface area contributed by atoms with Gasteiger partial charge in [-0.2, -0.15) is 0 Å². The number of hydrogen-bond acceptors (Lipinski definition) is 8. The lowest BCUT2D eigenvalue weighted by Crippen LogP contribution is -2.59. The number of nitrogens with one attached hydrogen (secondary N) is 1. The number of cyclic esters (lactones) is 1. The lowest BCUT2D eigenvalue weighted by atomic mass is 9.77. The molecule has 0 radical (unpaired) electrons. The van der Waals surface area contributed by atoms with Crippen molar-refractivity contribution in [2.24, 2.45) is 17.8 Å². The minimum Gasteiger partial charge on any atom is -0.455 e. The molecule has 2 saturated heterocycles. The maximum atomic E-state index is 14.6. The van der Waals surface area contributed by atoms with Crippen LogP contribution < -0.4 is 5.32 Å². The Morgan fingerprint density at radius 1 is 1.07 bits per heavy atom. The molecule has 0 saturated carbocycles. The number of hydrogen-bond donors (Lipinski definition) is 2. The van der Waals surface area contributed by atoms with Crippen molar-refractivity contribution in [1.29, 1.82) is 0 Å². The van der Waals surface area contributed by atoms with Crippen molar-refractivity contribution in [1.82, 2.24) is 15.1 Å². The minimum absolute atomic E-state index is 0.0794. The second-order valence-electron chi connectivity index (χ2n) is 12.9. The number of carbonyl (C=O) groups excluding carboxylic acids is 4. The molecule has 5 rings (SSSR count). The maximum Gasteiger partial charge on any atom is 0.313 e. The first-order valence-electron chi connectivity index (χ1n) is 15.8. The third-order valence-electron chi connectivity index (χ3n) is 9.47. The molecule has 45 heavy (non-hydrogen) atoms. The highest BCUT2D eigenvalue weighted by Gasteiger charge is 2.72. The summed E-state index contributed by atoms with van der Waals surface area (Å²) >= 11 is 0. The molecule has 1 spiro atoms. The van der Waals surface area contributed by atoms with Crippen molar-refractivity contribution in [2.75, 3.05) is 26.9 Å². The molecule has 1 aromatic carbocycles. The Labute approximate surface area is 264 Å². The fourth-order valence-electron chi connectivity index (χ4n) is 7.29. The molecule has 2 N–H and O–H groups in total. The second-order valence-corrected chi connectivity index (χ2v) is 12.9. The van der Waals surface area contributed by atoms with Gasteiger partial charge < -0.3 is 34.4 Å². The molecule has 0 aliphatic carbocycles. The van der Waals surface area contributed by atoms with E-state index in [0.29, 0.717) is 18.5 Å². The van der Waals surface area contributed by atoms with Gasteiger partial charge in [-0.3, -0.25) is 19.2 Å². The van der Waals surface area contributed by atoms with Crippen LogP contribution in [0.2, 0.25) is 0 Å². The Bertz CT molecular complexity index is 1330. The minimum atomic E-state index is -1.47. The molecule has 244 valence electrons. The Morgan fingerprint density at radius 2 is 1.80 bits per heavy atom. The Balaban J connectivity index is 1.65. The topological polar surface area (TPSA) is 135 Å². The first-order chi connectivity index (χ1) is 21.5. The summed E-state index contributed by atoms with van der Waals surface area (Å²) in [5.41, 5.74) is -0.818. The van der Waals surface area contributed by atoms with Crippen molar-refractivity contribution in [3.63, 3.8) is 0 Å². The van der Waals surface area contributed by atoms with E-state index in [1.54, 1.807) is 23.1 Å². The van der Waals surface area contributed by atoms with E-state index in [9.17, 15) is 24.3 Å². The highest BCUT2D eigenvalue weighted by atomic mass is 16.6. The van der Waals surface area contributed by atoms with E-state index in [2.05, 4.69) is 5.32 Å². The summed E-state index contributed by atoms with van der Waals surface area (Å²) in [6.07, 6.45) is 5.83. The van der Waals surface area contributed by atoms with Crippen LogP contribution in [0.5, 0.6) is 0 Å². The van der Waals surface area contributed by atoms with Gasteiger partial charge in [-0.15, -0.1) is 0 Å². The number of ether oxygens (including phenoxy) is 3. The van der Waals surface area contributed by atoms with Gasteiger partial charge in [0.25, 0.3) is 0 Å². The fourth-order valence-corrected chi connectivity index (χ4v) is 7.29. The van der Waals surface area contributed by atoms with Crippen molar-refractivity contribution in [3.05, 3.63) is 60.2 Å². The molecule has 8 atom stereocenters. The van der Waals surface area contributed by atoms with Crippen molar-refractivity contribution in [3.8, 4) is 0 Å². The van der Waals surface area contributed by atoms with Gasteiger partial charge in [0.2, 0.25) is 17.7 Å². The number of nitrogens with zero attached hydrogens (tertiary/aromatic N) is 2. The van der Waals surface area contributed by atoms with Gasteiger partial charge in [0.1, 0.15) is 23.7 Å². The number of rotatable bonds is 7. The highest BCUT2D eigenvalue weighted by Crippen LogP contribution is 2.54. The van der Waals surface area contributed by atoms with E-state index >= 15 is 0 Å². The van der Waals surface area contributed by atoms with Crippen molar-refractivity contribution < 1.29 is 38.5 Å². The number of allylic oxidation sites excluding steroid dienone is 1. The number of likely N-dealkylation sites (tertiary alicyclic amines) is 1. The summed E-state index contributed by atoms with van der Waals surface area (Å²) < 4.78 is 18.5. The van der Waals surface area contributed by atoms with Gasteiger partial charge in [-0.1, -0.05) is 68.5 Å². The average Bonchev–Trinajstić information content (AvgIpc) is 3.38. The lowest BCUT2D eigenvalue weighted by Gasteiger charge is -2.40. The Morgan fingerprint density at radius 3 is 2.44 bits per heavy atom. The normalized spacial score (nSPS) is 33.5. The maximum absolute atomic E-state index is 14.6. The Hall–Kier alpha value is -3.54. The number of methoxy groups -OCH3 is 1. The molecule has 1 aromatic rings. The number of fused-ring (bicyclic) bond motifs is 2. The van der Waals surface area contributed by atoms with Gasteiger partial charge in [0, 0.05) is 26.1 Å². The molecule has 0 unspecified atom stereocenters. The summed E-state index contributed by atoms with van der Waals surface area (Å²) in [6, 6.07) is 6.47. The molecule has 0 bridgehead atoms. The number of aliphatic hydroxyl groups excluding tert-OH is 1. The van der Waals surface area contributed by atoms with Crippen LogP contribution in [0.3, 0.4) is 0 Å². The predicted octanol–water partition coefficient (Wildman–Crippen LogP) is 2.16. The number of esters is 1. The largest absolute Gasteiger partial charge is 0.455 e. The smallest absolute Gasteiger partial charge is 0.313 e. The average molecular weight is 624 g/mol. The van der Waals surface area contributed by atoms with Crippen LogP contribution in [0, 0.1) is 17.8 Å². The molecule has 2 fully saturated rings. The summed E-state index contributed by atoms with van der Waals surface area (Å²) in [6.45, 7) is 7.63. The van der Waals surface area contributed by atoms with Crippen LogP contribution in [-0.2, 0) is 33.4 Å². The zero-order valence-electron chi connectivity index (χ0n) is 26.6. The SMILES string of the molecule is COC[C@@H]1NC(=O)CC/C=C\[C@@H]2O[C@@]34C=CCN(C(C)C)C(=O)[C@@H]3N([C@@H](CO)C(C)C)C(=O)[C@H]4[C@@H]2C(=O)O[C@H]1c1ccccc1. The zero-order valence-corrected chi connectivity index (χ0v) is 26.6. The van der Waals surface area contributed by atoms with E-state index in [1.165, 1.54) is 12.0 Å². The second kappa shape index (κ2) is 13.4. The summed E-state index contributed by atoms with van der Waals surface area (Å²) in [5.74, 6) is -3.99. The van der Waals surface area contributed by atoms with Crippen LogP contribution in [0.25, 0.3) is 0 Å². The number of amides is 3. The van der Waals surface area contributed by atoms with Crippen molar-refractivity contribution in [2.45, 2.75) is 82.5 Å². The molecule has 4 heterocycles. The predicted molar refractivity (Wildman–Crippen MR) is 164 cm³/mol. The molecule has 0 aromatic heterocycles. The van der Waals surface area contributed by atoms with Gasteiger partial charge >= 0.3 is 5.97 Å². The van der Waals surface area contributed by atoms with E-state index in [0.717, 1.165) is 0 Å². The van der Waals surface area contributed by atoms with E-state index in [4.69, 9.17) is 14.2 Å². The van der Waals surface area contributed by atoms with Gasteiger partial charge in [-0.05, 0) is 31.7 Å². The fraction of sp³-hybridized carbons (Fsp3) is 0.588. The first kappa shape index (κ1) is 32.8. The van der Waals surface area contributed by atoms with Gasteiger partial charge in [0.05, 0.1) is 37.3 Å². The third kappa shape index (κ3) is 5.93. The molecule has 11 heteroatoms. The Kier molecular flexibility index (Phi) is 9.81. The zero-order chi connectivity index (χ0) is 32.5. The molecule has 4 aliphatic rings. The number of benzene rings is 1. The monoisotopic (exact) mass is 623 g/mol. The lowest BCUT2D eigenvalue weighted by molar-refractivity contribution is -0.163. The van der Waals surface area contributed by atoms with Crippen LogP contribution >= 0.6 is 0 Å². The van der Waals surface area contributed by atoms with Gasteiger partial charge in [0.15, 0.2) is 0 Å². The highest BCUT2D eigenvalue weighted by molar-refractivity contribution is 5.99. The van der Waals surface area contributed by atoms with E-state index < -0.39 is 59.6 Å². The van der Waals surface area contributed by atoms with Crippen LogP contribution in [0.4, 0.5) is 0 Å². The standard InChI is InChI=1S/C34H45N3O8/c1-20(2)24(18-38)37-30-32(41)36(21(3)4)17-11-16-34(30)28(31(37)40)27-25(45-34)14-9-10-15-26(39)35-23(19-43-5)29(44-33(27)42)22-12-7-6-8-13-22/h6-9,11-14,16,20-21,23-25,27-30,38H,10,15,17-19H2,1-5H3,(H,35,39)/b14-9-/t23-,24-,25-,27+,28+,29-,30-,34+/m0/s1. The molecular weight excluding hydrogens is 578 g/mol. The van der Waals surface area contributed by atoms with Crippen LogP contribution in [0.1, 0.15) is 52.2 Å². The molecule has 3 amide bonds. The molecular formula is C34H45N3O8. The van der Waals surface area contributed by atoms with E-state index in [-0.39, 0.29) is 43.4 Å². The summed E-state index contributed by atoms with van der Waals surface area (Å²) in [5, 5.41) is 13.5. The first-order valence-corrected chi connectivity index (χ1v) is 15.8. The van der Waals surface area contributed by atoms with Crippen LogP contribution in [0.15, 0.2) is 54.6 Å². The third-order valence-corrected chi connectivity index (χ3v) is 9.47. The summed E-state index contributed by atoms with van der Waals surface area (Å²) in [7, 11) is 1.51. The number of aliphatic hydroxyl groups is 1. The van der Waals surface area contributed by atoms with E-state index in [1.807, 2.05) is 64.1 Å².